The Balaban J connectivity index is 1.23. The Labute approximate surface area is 265 Å². The average Bonchev–Trinajstić information content (AvgIpc) is 3.41. The molecule has 7 rings (SSSR count). The topological polar surface area (TPSA) is 97.3 Å². The fourth-order valence-corrected chi connectivity index (χ4v) is 12.3. The lowest BCUT2D eigenvalue weighted by Crippen LogP contribution is -2.67. The van der Waals surface area contributed by atoms with Gasteiger partial charge in [-0.15, -0.1) is 0 Å². The number of imidazole rings is 1. The van der Waals surface area contributed by atoms with Gasteiger partial charge >= 0.3 is 0 Å². The van der Waals surface area contributed by atoms with Gasteiger partial charge in [-0.25, -0.2) is 15.0 Å². The van der Waals surface area contributed by atoms with Gasteiger partial charge in [-0.3, -0.25) is 0 Å². The number of nitrogen functional groups attached to an aromatic ring is 1. The molecule has 2 saturated carbocycles. The molecule has 4 atom stereocenters. The number of hydrogen-bond donors (Lipinski definition) is 1. The zero-order valence-electron chi connectivity index (χ0n) is 26.4. The number of rotatable bonds is 10. The molecule has 2 fully saturated rings. The van der Waals surface area contributed by atoms with E-state index in [1.54, 1.807) is 7.11 Å². The number of methoxy groups -OCH3 is 1. The van der Waals surface area contributed by atoms with E-state index in [1.807, 2.05) is 18.5 Å². The number of aromatic nitrogens is 4. The van der Waals surface area contributed by atoms with Crippen LogP contribution in [0.4, 0.5) is 5.82 Å². The maximum absolute atomic E-state index is 7.50. The lowest BCUT2D eigenvalue weighted by Gasteiger charge is -2.43. The summed E-state index contributed by atoms with van der Waals surface area (Å²) in [7, 11) is -1.01. The molecule has 2 heterocycles. The summed E-state index contributed by atoms with van der Waals surface area (Å²) in [6.45, 7) is 8.19. The molecule has 0 aliphatic heterocycles. The lowest BCUT2D eigenvalue weighted by molar-refractivity contribution is 0.00483. The predicted molar refractivity (Wildman–Crippen MR) is 179 cm³/mol. The Bertz CT molecular complexity index is 1730. The highest BCUT2D eigenvalue weighted by atomic mass is 28.4. The summed E-state index contributed by atoms with van der Waals surface area (Å²) in [6.07, 6.45) is 5.31. The van der Waals surface area contributed by atoms with Crippen molar-refractivity contribution < 1.29 is 13.9 Å². The first-order valence-electron chi connectivity index (χ1n) is 15.7. The minimum atomic E-state index is -2.69. The van der Waals surface area contributed by atoms with Gasteiger partial charge in [0.15, 0.2) is 11.5 Å². The van der Waals surface area contributed by atoms with Gasteiger partial charge in [-0.2, -0.15) is 0 Å². The van der Waals surface area contributed by atoms with Crippen molar-refractivity contribution in [2.24, 2.45) is 11.3 Å². The van der Waals surface area contributed by atoms with Gasteiger partial charge in [0.25, 0.3) is 8.32 Å². The first-order chi connectivity index (χ1) is 21.8. The molecule has 8 nitrogen and oxygen atoms in total. The Morgan fingerprint density at radius 3 is 2.18 bits per heavy atom. The molecule has 0 bridgehead atoms. The predicted octanol–water partition coefficient (Wildman–Crippen LogP) is 5.53. The Morgan fingerprint density at radius 1 is 0.889 bits per heavy atom. The van der Waals surface area contributed by atoms with E-state index in [4.69, 9.17) is 19.6 Å². The van der Waals surface area contributed by atoms with Gasteiger partial charge in [-0.1, -0.05) is 93.6 Å². The van der Waals surface area contributed by atoms with Crippen molar-refractivity contribution in [1.29, 1.82) is 0 Å². The molecular weight excluding hydrogens is 579 g/mol. The maximum Gasteiger partial charge on any atom is 0.261 e. The minimum Gasteiger partial charge on any atom is -0.497 e. The summed E-state index contributed by atoms with van der Waals surface area (Å²) in [4.78, 5) is 13.4. The molecular formula is C36H41N5O3Si. The summed E-state index contributed by atoms with van der Waals surface area (Å²) < 4.78 is 21.8. The second kappa shape index (κ2) is 11.4. The molecule has 2 aliphatic carbocycles. The minimum absolute atomic E-state index is 0.00251. The molecule has 0 amide bonds. The first kappa shape index (κ1) is 29.6. The van der Waals surface area contributed by atoms with Crippen molar-refractivity contribution in [2.75, 3.05) is 19.5 Å². The van der Waals surface area contributed by atoms with Gasteiger partial charge in [0.1, 0.15) is 17.6 Å². The molecule has 5 aromatic rings. The first-order valence-corrected chi connectivity index (χ1v) is 17.6. The van der Waals surface area contributed by atoms with Crippen LogP contribution in [0.5, 0.6) is 5.75 Å². The molecule has 45 heavy (non-hydrogen) atoms. The molecule has 3 aromatic carbocycles. The number of nitrogens with two attached hydrogens (primary N) is 1. The smallest absolute Gasteiger partial charge is 0.261 e. The van der Waals surface area contributed by atoms with Crippen molar-refractivity contribution in [3.8, 4) is 5.75 Å². The van der Waals surface area contributed by atoms with Crippen LogP contribution in [-0.2, 0) is 15.8 Å². The molecule has 0 saturated heterocycles. The highest BCUT2D eigenvalue weighted by Gasteiger charge is 2.67. The van der Waals surface area contributed by atoms with Crippen LogP contribution in [0.25, 0.3) is 11.2 Å². The van der Waals surface area contributed by atoms with E-state index in [9.17, 15) is 0 Å². The fraction of sp³-hybridized carbons (Fsp3) is 0.361. The van der Waals surface area contributed by atoms with Crippen molar-refractivity contribution in [3.05, 3.63) is 103 Å². The molecule has 1 unspecified atom stereocenters. The third-order valence-electron chi connectivity index (χ3n) is 9.98. The van der Waals surface area contributed by atoms with Crippen LogP contribution in [0.15, 0.2) is 97.6 Å². The molecule has 2 N–H and O–H groups in total. The average molecular weight is 620 g/mol. The molecule has 2 aliphatic rings. The zero-order valence-corrected chi connectivity index (χ0v) is 27.4. The largest absolute Gasteiger partial charge is 0.497 e. The van der Waals surface area contributed by atoms with E-state index in [0.29, 0.717) is 30.5 Å². The van der Waals surface area contributed by atoms with Gasteiger partial charge in [-0.05, 0) is 51.9 Å². The molecule has 9 heteroatoms. The number of benzene rings is 3. The van der Waals surface area contributed by atoms with Crippen molar-refractivity contribution in [3.63, 3.8) is 0 Å². The van der Waals surface area contributed by atoms with Crippen LogP contribution in [0.3, 0.4) is 0 Å². The monoisotopic (exact) mass is 619 g/mol. The van der Waals surface area contributed by atoms with E-state index in [0.717, 1.165) is 29.8 Å². The van der Waals surface area contributed by atoms with Crippen LogP contribution >= 0.6 is 0 Å². The number of anilines is 1. The molecule has 0 spiro atoms. The number of hydrogen-bond acceptors (Lipinski definition) is 7. The summed E-state index contributed by atoms with van der Waals surface area (Å²) in [5, 5.41) is 2.51. The third-order valence-corrected chi connectivity index (χ3v) is 15.0. The molecule has 232 valence electrons. The molecule has 2 aromatic heterocycles. The SMILES string of the molecule is COc1ccc(CO[C@H]2C[C@]3(CO[Si](c4ccccc4)(c4ccccc4)C(C)(C)C)CC3[C@H]2n2cnc3c(N)ncnc32)cc1. The van der Waals surface area contributed by atoms with Gasteiger partial charge < -0.3 is 24.2 Å². The van der Waals surface area contributed by atoms with E-state index in [-0.39, 0.29) is 22.6 Å². The van der Waals surface area contributed by atoms with Gasteiger partial charge in [0.05, 0.1) is 32.2 Å². The number of nitrogens with zero attached hydrogens (tertiary/aromatic N) is 4. The Kier molecular flexibility index (Phi) is 7.50. The summed E-state index contributed by atoms with van der Waals surface area (Å²) in [6, 6.07) is 29.9. The van der Waals surface area contributed by atoms with Crippen molar-refractivity contribution in [2.45, 2.75) is 57.4 Å². The highest BCUT2D eigenvalue weighted by Crippen LogP contribution is 2.69. The van der Waals surface area contributed by atoms with Crippen LogP contribution in [0.2, 0.25) is 5.04 Å². The summed E-state index contributed by atoms with van der Waals surface area (Å²) in [5.41, 5.74) is 8.68. The van der Waals surface area contributed by atoms with Crippen molar-refractivity contribution >= 4 is 35.7 Å². The van der Waals surface area contributed by atoms with Crippen LogP contribution < -0.4 is 20.8 Å². The van der Waals surface area contributed by atoms with Crippen LogP contribution in [0, 0.1) is 11.3 Å². The van der Waals surface area contributed by atoms with E-state index in [1.165, 1.54) is 16.7 Å². The second-order valence-electron chi connectivity index (χ2n) is 13.6. The second-order valence-corrected chi connectivity index (χ2v) is 17.9. The van der Waals surface area contributed by atoms with Gasteiger partial charge in [0.2, 0.25) is 0 Å². The summed E-state index contributed by atoms with van der Waals surface area (Å²) >= 11 is 0. The maximum atomic E-state index is 7.50. The quantitative estimate of drug-likeness (QED) is 0.205. The number of ether oxygens (including phenoxy) is 2. The summed E-state index contributed by atoms with van der Waals surface area (Å²) in [5.74, 6) is 1.59. The molecule has 0 radical (unpaired) electrons. The van der Waals surface area contributed by atoms with Crippen molar-refractivity contribution in [1.82, 2.24) is 19.5 Å². The Morgan fingerprint density at radius 2 is 1.56 bits per heavy atom. The Hall–Kier alpha value is -4.05. The van der Waals surface area contributed by atoms with E-state index < -0.39 is 8.32 Å². The lowest BCUT2D eigenvalue weighted by atomic mass is 10.0. The van der Waals surface area contributed by atoms with Gasteiger partial charge in [0, 0.05) is 12.0 Å². The highest BCUT2D eigenvalue weighted by molar-refractivity contribution is 6.99. The zero-order chi connectivity index (χ0) is 31.2. The van der Waals surface area contributed by atoms with Crippen LogP contribution in [-0.4, -0.2) is 47.7 Å². The van der Waals surface area contributed by atoms with E-state index in [2.05, 4.69) is 113 Å². The fourth-order valence-electron chi connectivity index (χ4n) is 7.66. The standard InChI is InChI=1S/C36H41N5O3Si/c1-35(2,3)45(27-11-7-5-8-12-27,28-13-9-6-10-14-28)44-22-36-19-29(36)32(41-24-40-31-33(37)38-23-39-34(31)41)30(20-36)43-21-25-15-17-26(42-4)18-16-25/h5-18,23-24,29-30,32H,19-22H2,1-4H3,(H2,37,38,39)/t29?,30-,32+,36-/m0/s1. The number of fused-ring (bicyclic) bond motifs is 2. The van der Waals surface area contributed by atoms with Crippen LogP contribution in [0.1, 0.15) is 45.2 Å². The van der Waals surface area contributed by atoms with E-state index >= 15 is 0 Å². The third kappa shape index (κ3) is 5.12. The normalized spacial score (nSPS) is 22.8.